The molecule has 5 nitrogen and oxygen atoms in total. The maximum absolute atomic E-state index is 13.7. The van der Waals surface area contributed by atoms with Gasteiger partial charge in [0, 0.05) is 44.9 Å². The van der Waals surface area contributed by atoms with Gasteiger partial charge in [0.15, 0.2) is 5.85 Å². The Balaban J connectivity index is 2.42. The molecule has 0 saturated carbocycles. The molecule has 2 atom stereocenters. The first-order valence-electron chi connectivity index (χ1n) is 8.66. The van der Waals surface area contributed by atoms with Crippen LogP contribution in [0.3, 0.4) is 0 Å². The van der Waals surface area contributed by atoms with Gasteiger partial charge in [-0.3, -0.25) is 4.57 Å². The Morgan fingerprint density at radius 1 is 0.846 bits per heavy atom. The van der Waals surface area contributed by atoms with Gasteiger partial charge >= 0.3 is 0 Å². The summed E-state index contributed by atoms with van der Waals surface area (Å²) >= 11 is 0. The van der Waals surface area contributed by atoms with Crippen molar-refractivity contribution in [3.8, 4) is 0 Å². The number of hydrogen-bond donors (Lipinski definition) is 1. The Labute approximate surface area is 156 Å². The van der Waals surface area contributed by atoms with Gasteiger partial charge in [0.25, 0.3) is 7.37 Å². The van der Waals surface area contributed by atoms with Crippen LogP contribution in [0.4, 0.5) is 11.4 Å². The van der Waals surface area contributed by atoms with E-state index in [1.165, 1.54) is 0 Å². The van der Waals surface area contributed by atoms with Gasteiger partial charge in [-0.1, -0.05) is 12.1 Å². The van der Waals surface area contributed by atoms with Crippen LogP contribution in [-0.2, 0) is 9.09 Å². The maximum Gasteiger partial charge on any atom is 0.264 e. The molecule has 0 aromatic heterocycles. The van der Waals surface area contributed by atoms with Gasteiger partial charge in [-0.2, -0.15) is 0 Å². The van der Waals surface area contributed by atoms with Gasteiger partial charge < -0.3 is 19.4 Å². The molecule has 1 N–H and O–H groups in total. The van der Waals surface area contributed by atoms with E-state index in [2.05, 4.69) is 0 Å². The second-order valence-corrected chi connectivity index (χ2v) is 9.43. The molecule has 0 unspecified atom stereocenters. The summed E-state index contributed by atoms with van der Waals surface area (Å²) in [6.45, 7) is 3.64. The summed E-state index contributed by atoms with van der Waals surface area (Å²) in [5, 5.41) is 11.5. The third kappa shape index (κ3) is 4.47. The van der Waals surface area contributed by atoms with Crippen molar-refractivity contribution in [1.29, 1.82) is 0 Å². The fraction of sp³-hybridized carbons (Fsp3) is 0.400. The van der Waals surface area contributed by atoms with Crippen molar-refractivity contribution < 1.29 is 14.2 Å². The highest BCUT2D eigenvalue weighted by atomic mass is 31.2. The SMILES string of the molecule is CC(C)O[P@](=O)(c1ccc(N(C)C)cc1)[C@H](O)c1ccc(N(C)C)cc1. The number of aliphatic hydroxyl groups excluding tert-OH is 1. The highest BCUT2D eigenvalue weighted by Gasteiger charge is 2.37. The summed E-state index contributed by atoms with van der Waals surface area (Å²) < 4.78 is 19.5. The summed E-state index contributed by atoms with van der Waals surface area (Å²) in [5.41, 5.74) is 2.59. The van der Waals surface area contributed by atoms with E-state index in [-0.39, 0.29) is 6.10 Å². The van der Waals surface area contributed by atoms with Crippen LogP contribution in [0.2, 0.25) is 0 Å². The summed E-state index contributed by atoms with van der Waals surface area (Å²) in [6, 6.07) is 14.7. The Morgan fingerprint density at radius 2 is 1.27 bits per heavy atom. The molecule has 0 radical (unpaired) electrons. The molecule has 2 aromatic rings. The van der Waals surface area contributed by atoms with Gasteiger partial charge in [-0.25, -0.2) is 0 Å². The van der Waals surface area contributed by atoms with Crippen LogP contribution in [-0.4, -0.2) is 39.4 Å². The first kappa shape index (κ1) is 20.5. The molecule has 26 heavy (non-hydrogen) atoms. The summed E-state index contributed by atoms with van der Waals surface area (Å²) in [6.07, 6.45) is -0.273. The number of hydrogen-bond acceptors (Lipinski definition) is 5. The minimum atomic E-state index is -3.51. The quantitative estimate of drug-likeness (QED) is 0.744. The van der Waals surface area contributed by atoms with E-state index < -0.39 is 13.2 Å². The van der Waals surface area contributed by atoms with Crippen molar-refractivity contribution in [3.05, 3.63) is 54.1 Å². The van der Waals surface area contributed by atoms with Crippen molar-refractivity contribution in [1.82, 2.24) is 0 Å². The lowest BCUT2D eigenvalue weighted by Gasteiger charge is -2.27. The molecule has 0 aliphatic carbocycles. The molecule has 0 bridgehead atoms. The zero-order valence-electron chi connectivity index (χ0n) is 16.4. The predicted molar refractivity (Wildman–Crippen MR) is 110 cm³/mol. The van der Waals surface area contributed by atoms with Crippen molar-refractivity contribution in [2.24, 2.45) is 0 Å². The van der Waals surface area contributed by atoms with Crippen molar-refractivity contribution >= 4 is 24.0 Å². The van der Waals surface area contributed by atoms with Crippen molar-refractivity contribution in [2.45, 2.75) is 25.8 Å². The fourth-order valence-electron chi connectivity index (χ4n) is 2.67. The van der Waals surface area contributed by atoms with E-state index in [1.807, 2.05) is 76.1 Å². The highest BCUT2D eigenvalue weighted by Crippen LogP contribution is 2.58. The lowest BCUT2D eigenvalue weighted by Crippen LogP contribution is -2.18. The van der Waals surface area contributed by atoms with Crippen LogP contribution < -0.4 is 15.1 Å². The van der Waals surface area contributed by atoms with Crippen LogP contribution >= 0.6 is 7.37 Å². The standard InChI is InChI=1S/C20H29N2O3P/c1-15(2)25-26(24,19-13-11-18(12-14-19)22(5)6)20(23)16-7-9-17(10-8-16)21(3)4/h7-15,20,23H,1-6H3/t20-,26+/m0/s1. The molecule has 6 heteroatoms. The number of anilines is 2. The molecule has 2 aromatic carbocycles. The largest absolute Gasteiger partial charge is 0.378 e. The molecular weight excluding hydrogens is 347 g/mol. The van der Waals surface area contributed by atoms with Crippen molar-refractivity contribution in [2.75, 3.05) is 38.0 Å². The van der Waals surface area contributed by atoms with Crippen LogP contribution in [0.5, 0.6) is 0 Å². The maximum atomic E-state index is 13.7. The smallest absolute Gasteiger partial charge is 0.264 e. The Kier molecular flexibility index (Phi) is 6.51. The molecular formula is C20H29N2O3P. The van der Waals surface area contributed by atoms with Crippen LogP contribution in [0.1, 0.15) is 25.3 Å². The highest BCUT2D eigenvalue weighted by molar-refractivity contribution is 7.67. The summed E-state index contributed by atoms with van der Waals surface area (Å²) in [4.78, 5) is 3.94. The lowest BCUT2D eigenvalue weighted by atomic mass is 10.2. The number of rotatable bonds is 7. The average Bonchev–Trinajstić information content (AvgIpc) is 2.60. The summed E-state index contributed by atoms with van der Waals surface area (Å²) in [7, 11) is 4.28. The van der Waals surface area contributed by atoms with Crippen molar-refractivity contribution in [3.63, 3.8) is 0 Å². The van der Waals surface area contributed by atoms with E-state index in [9.17, 15) is 9.67 Å². The number of aliphatic hydroxyl groups is 1. The molecule has 0 amide bonds. The zero-order valence-corrected chi connectivity index (χ0v) is 17.3. The second kappa shape index (κ2) is 8.26. The third-order valence-corrected chi connectivity index (χ3v) is 6.82. The Hall–Kier alpha value is -1.81. The summed E-state index contributed by atoms with van der Waals surface area (Å²) in [5.74, 6) is -1.22. The van der Waals surface area contributed by atoms with Gasteiger partial charge in [-0.05, 0) is 55.8 Å². The number of benzene rings is 2. The van der Waals surface area contributed by atoms with Gasteiger partial charge in [0.05, 0.1) is 6.10 Å². The molecule has 0 spiro atoms. The monoisotopic (exact) mass is 376 g/mol. The third-order valence-electron chi connectivity index (χ3n) is 4.12. The lowest BCUT2D eigenvalue weighted by molar-refractivity contribution is 0.189. The van der Waals surface area contributed by atoms with E-state index in [1.54, 1.807) is 24.3 Å². The first-order chi connectivity index (χ1) is 12.1. The van der Waals surface area contributed by atoms with Gasteiger partial charge in [0.2, 0.25) is 0 Å². The zero-order chi connectivity index (χ0) is 19.5. The Bertz CT molecular complexity index is 756. The van der Waals surface area contributed by atoms with Gasteiger partial charge in [-0.15, -0.1) is 0 Å². The van der Waals surface area contributed by atoms with Crippen LogP contribution in [0, 0.1) is 0 Å². The number of nitrogens with zero attached hydrogens (tertiary/aromatic N) is 2. The Morgan fingerprint density at radius 3 is 1.65 bits per heavy atom. The minimum Gasteiger partial charge on any atom is -0.378 e. The van der Waals surface area contributed by atoms with Gasteiger partial charge in [0.1, 0.15) is 0 Å². The molecule has 0 heterocycles. The molecule has 0 aliphatic rings. The fourth-order valence-corrected chi connectivity index (χ4v) is 4.95. The molecule has 142 valence electrons. The second-order valence-electron chi connectivity index (χ2n) is 7.02. The first-order valence-corrected chi connectivity index (χ1v) is 10.4. The van der Waals surface area contributed by atoms with Crippen LogP contribution in [0.15, 0.2) is 48.5 Å². The van der Waals surface area contributed by atoms with E-state index in [0.29, 0.717) is 10.9 Å². The van der Waals surface area contributed by atoms with E-state index in [0.717, 1.165) is 11.4 Å². The normalized spacial score (nSPS) is 14.8. The predicted octanol–water partition coefficient (Wildman–Crippen LogP) is 3.84. The molecule has 2 rings (SSSR count). The molecule has 0 aliphatic heterocycles. The average molecular weight is 376 g/mol. The van der Waals surface area contributed by atoms with E-state index >= 15 is 0 Å². The van der Waals surface area contributed by atoms with E-state index in [4.69, 9.17) is 4.52 Å². The van der Waals surface area contributed by atoms with Crippen LogP contribution in [0.25, 0.3) is 0 Å². The molecule has 0 saturated heterocycles. The molecule has 0 fully saturated rings. The topological polar surface area (TPSA) is 53.0 Å². The minimum absolute atomic E-state index is 0.273.